The summed E-state index contributed by atoms with van der Waals surface area (Å²) < 4.78 is 38.5. The highest BCUT2D eigenvalue weighted by molar-refractivity contribution is 7.91. The molecule has 0 N–H and O–H groups in total. The van der Waals surface area contributed by atoms with E-state index in [1.54, 1.807) is 0 Å². The molecule has 168 valence electrons. The molecule has 0 bridgehead atoms. The Morgan fingerprint density at radius 2 is 1.97 bits per heavy atom. The van der Waals surface area contributed by atoms with E-state index < -0.39 is 27.7 Å². The third kappa shape index (κ3) is 3.87. The normalized spacial score (nSPS) is 18.8. The lowest BCUT2D eigenvalue weighted by molar-refractivity contribution is -0.148. The van der Waals surface area contributed by atoms with Gasteiger partial charge in [0.2, 0.25) is 0 Å². The summed E-state index contributed by atoms with van der Waals surface area (Å²) in [5.74, 6) is -0.628. The van der Waals surface area contributed by atoms with Crippen molar-refractivity contribution in [3.63, 3.8) is 0 Å². The number of fused-ring (bicyclic) bond motifs is 2. The van der Waals surface area contributed by atoms with Gasteiger partial charge in [0, 0.05) is 23.6 Å². The molecule has 0 unspecified atom stereocenters. The lowest BCUT2D eigenvalue weighted by Gasteiger charge is -2.22. The highest BCUT2D eigenvalue weighted by Gasteiger charge is 2.41. The number of sulfonamides is 1. The standard InChI is InChI=1S/C22H20ClNO6S2/c23-19-6-7-21(31-19)32(27,28)24-8-2-5-17(24)22(26)29-12-15-11-20(25)30-18-10-14-4-1-3-13(14)9-16(15)18/h6-7,9-11,17H,1-5,8,12H2/t17-/m1/s1. The summed E-state index contributed by atoms with van der Waals surface area (Å²) >= 11 is 6.85. The molecule has 1 atom stereocenters. The van der Waals surface area contributed by atoms with Gasteiger partial charge in [-0.15, -0.1) is 11.3 Å². The largest absolute Gasteiger partial charge is 0.460 e. The Morgan fingerprint density at radius 3 is 2.72 bits per heavy atom. The minimum atomic E-state index is -3.84. The second kappa shape index (κ2) is 8.30. The van der Waals surface area contributed by atoms with Gasteiger partial charge in [0.1, 0.15) is 22.4 Å². The summed E-state index contributed by atoms with van der Waals surface area (Å²) in [5.41, 5.74) is 2.90. The summed E-state index contributed by atoms with van der Waals surface area (Å²) in [7, 11) is -3.84. The van der Waals surface area contributed by atoms with Crippen molar-refractivity contribution in [3.8, 4) is 0 Å². The topological polar surface area (TPSA) is 93.9 Å². The molecule has 3 aromatic rings. The zero-order chi connectivity index (χ0) is 22.5. The van der Waals surface area contributed by atoms with E-state index >= 15 is 0 Å². The van der Waals surface area contributed by atoms with Crippen LogP contribution in [0.2, 0.25) is 4.34 Å². The van der Waals surface area contributed by atoms with E-state index in [1.165, 1.54) is 33.6 Å². The first kappa shape index (κ1) is 21.6. The molecule has 1 aliphatic heterocycles. The first-order valence-corrected chi connectivity index (χ1v) is 13.0. The molecule has 1 aliphatic carbocycles. The molecule has 32 heavy (non-hydrogen) atoms. The van der Waals surface area contributed by atoms with Crippen molar-refractivity contribution in [2.45, 2.75) is 49.0 Å². The van der Waals surface area contributed by atoms with Gasteiger partial charge >= 0.3 is 11.6 Å². The fraction of sp³-hybridized carbons (Fsp3) is 0.364. The van der Waals surface area contributed by atoms with Crippen molar-refractivity contribution in [1.82, 2.24) is 4.31 Å². The van der Waals surface area contributed by atoms with E-state index in [9.17, 15) is 18.0 Å². The molecule has 1 fully saturated rings. The summed E-state index contributed by atoms with van der Waals surface area (Å²) in [5, 5.41) is 0.738. The van der Waals surface area contributed by atoms with Crippen LogP contribution in [0.5, 0.6) is 0 Å². The molecule has 0 spiro atoms. The van der Waals surface area contributed by atoms with Gasteiger partial charge < -0.3 is 9.15 Å². The average molecular weight is 494 g/mol. The average Bonchev–Trinajstić information content (AvgIpc) is 3.50. The Kier molecular flexibility index (Phi) is 5.61. The van der Waals surface area contributed by atoms with Gasteiger partial charge in [-0.1, -0.05) is 11.6 Å². The second-order valence-corrected chi connectivity index (χ2v) is 11.8. The number of benzene rings is 1. The van der Waals surface area contributed by atoms with E-state index in [4.69, 9.17) is 20.8 Å². The van der Waals surface area contributed by atoms with Crippen LogP contribution in [0.25, 0.3) is 11.0 Å². The summed E-state index contributed by atoms with van der Waals surface area (Å²) in [4.78, 5) is 24.9. The van der Waals surface area contributed by atoms with E-state index in [1.807, 2.05) is 12.1 Å². The SMILES string of the molecule is O=C(OCc1cc(=O)oc2cc3c(cc12)CCC3)[C@H]1CCCN1S(=O)(=O)c1ccc(Cl)s1. The van der Waals surface area contributed by atoms with Gasteiger partial charge in [0.25, 0.3) is 10.0 Å². The Morgan fingerprint density at radius 1 is 1.19 bits per heavy atom. The Hall–Kier alpha value is -2.20. The number of halogens is 1. The molecule has 3 heterocycles. The van der Waals surface area contributed by atoms with Crippen LogP contribution in [0, 0.1) is 0 Å². The smallest absolute Gasteiger partial charge is 0.336 e. The van der Waals surface area contributed by atoms with Crippen LogP contribution >= 0.6 is 22.9 Å². The van der Waals surface area contributed by atoms with Gasteiger partial charge in [-0.2, -0.15) is 4.31 Å². The number of ether oxygens (including phenoxy) is 1. The molecule has 1 saturated heterocycles. The molecule has 0 amide bonds. The van der Waals surface area contributed by atoms with E-state index in [0.29, 0.717) is 28.3 Å². The number of thiophene rings is 1. The third-order valence-corrected chi connectivity index (χ3v) is 9.61. The van der Waals surface area contributed by atoms with Crippen molar-refractivity contribution in [2.75, 3.05) is 6.54 Å². The van der Waals surface area contributed by atoms with Crippen molar-refractivity contribution in [3.05, 3.63) is 61.8 Å². The third-order valence-electron chi connectivity index (χ3n) is 6.00. The van der Waals surface area contributed by atoms with Gasteiger partial charge in [-0.05, 0) is 67.5 Å². The van der Waals surface area contributed by atoms with Crippen LogP contribution < -0.4 is 5.63 Å². The molecular weight excluding hydrogens is 474 g/mol. The molecule has 1 aromatic carbocycles. The predicted octanol–water partition coefficient (Wildman–Crippen LogP) is 3.89. The maximum absolute atomic E-state index is 13.0. The van der Waals surface area contributed by atoms with E-state index in [0.717, 1.165) is 36.0 Å². The summed E-state index contributed by atoms with van der Waals surface area (Å²) in [6.07, 6.45) is 3.91. The monoisotopic (exact) mass is 493 g/mol. The molecule has 2 aromatic heterocycles. The van der Waals surface area contributed by atoms with Crippen LogP contribution in [0.3, 0.4) is 0 Å². The zero-order valence-corrected chi connectivity index (χ0v) is 19.4. The first-order chi connectivity index (χ1) is 15.3. The van der Waals surface area contributed by atoms with Crippen LogP contribution in [-0.4, -0.2) is 31.3 Å². The molecule has 2 aliphatic rings. The maximum Gasteiger partial charge on any atom is 0.336 e. The fourth-order valence-corrected chi connectivity index (χ4v) is 7.73. The molecular formula is C22H20ClNO6S2. The minimum absolute atomic E-state index is 0.0997. The molecule has 10 heteroatoms. The van der Waals surface area contributed by atoms with Gasteiger partial charge in [-0.3, -0.25) is 4.79 Å². The second-order valence-electron chi connectivity index (χ2n) is 8.00. The first-order valence-electron chi connectivity index (χ1n) is 10.4. The number of rotatable bonds is 5. The zero-order valence-electron chi connectivity index (χ0n) is 17.0. The quantitative estimate of drug-likeness (QED) is 0.395. The highest BCUT2D eigenvalue weighted by Crippen LogP contribution is 2.33. The minimum Gasteiger partial charge on any atom is -0.460 e. The van der Waals surface area contributed by atoms with Crippen molar-refractivity contribution < 1.29 is 22.4 Å². The van der Waals surface area contributed by atoms with Gasteiger partial charge in [0.15, 0.2) is 0 Å². The van der Waals surface area contributed by atoms with Crippen molar-refractivity contribution >= 4 is 49.9 Å². The summed E-state index contributed by atoms with van der Waals surface area (Å²) in [6, 6.07) is 7.27. The Bertz CT molecular complexity index is 1380. The predicted molar refractivity (Wildman–Crippen MR) is 121 cm³/mol. The van der Waals surface area contributed by atoms with Crippen LogP contribution in [0.1, 0.15) is 36.0 Å². The lowest BCUT2D eigenvalue weighted by atomic mass is 10.0. The number of hydrogen-bond donors (Lipinski definition) is 0. The maximum atomic E-state index is 13.0. The number of aryl methyl sites for hydroxylation is 2. The number of hydrogen-bond acceptors (Lipinski definition) is 7. The fourth-order valence-electron chi connectivity index (χ4n) is 4.47. The van der Waals surface area contributed by atoms with Crippen molar-refractivity contribution in [1.29, 1.82) is 0 Å². The Balaban J connectivity index is 1.38. The number of carbonyl (C=O) groups is 1. The number of esters is 1. The number of nitrogens with zero attached hydrogens (tertiary/aromatic N) is 1. The van der Waals surface area contributed by atoms with Crippen LogP contribution in [0.15, 0.2) is 43.8 Å². The summed E-state index contributed by atoms with van der Waals surface area (Å²) in [6.45, 7) is 0.108. The van der Waals surface area contributed by atoms with Crippen LogP contribution in [-0.2, 0) is 39.0 Å². The van der Waals surface area contributed by atoms with Crippen LogP contribution in [0.4, 0.5) is 0 Å². The van der Waals surface area contributed by atoms with Crippen molar-refractivity contribution in [2.24, 2.45) is 0 Å². The van der Waals surface area contributed by atoms with E-state index in [-0.39, 0.29) is 17.4 Å². The molecule has 7 nitrogen and oxygen atoms in total. The van der Waals surface area contributed by atoms with E-state index in [2.05, 4.69) is 0 Å². The lowest BCUT2D eigenvalue weighted by Crippen LogP contribution is -2.41. The Labute approximate surface area is 193 Å². The van der Waals surface area contributed by atoms with Gasteiger partial charge in [0.05, 0.1) is 4.34 Å². The highest BCUT2D eigenvalue weighted by atomic mass is 35.5. The molecule has 0 radical (unpaired) electrons. The van der Waals surface area contributed by atoms with Gasteiger partial charge in [-0.25, -0.2) is 13.2 Å². The number of carbonyl (C=O) groups excluding carboxylic acids is 1. The molecule has 5 rings (SSSR count). The molecule has 0 saturated carbocycles.